The number of amides is 1. The van der Waals surface area contributed by atoms with E-state index in [1.807, 2.05) is 23.7 Å². The Kier molecular flexibility index (Phi) is 7.33. The van der Waals surface area contributed by atoms with E-state index < -0.39 is 0 Å². The third-order valence-electron chi connectivity index (χ3n) is 4.00. The first-order chi connectivity index (χ1) is 11.2. The monoisotopic (exact) mass is 333 g/mol. The van der Waals surface area contributed by atoms with Gasteiger partial charge < -0.3 is 4.57 Å². The molecule has 0 radical (unpaired) electrons. The number of carbonyl (C=O) groups is 1. The Morgan fingerprint density at radius 1 is 1.13 bits per heavy atom. The predicted molar refractivity (Wildman–Crippen MR) is 97.1 cm³/mol. The number of hydrogen-bond donors (Lipinski definition) is 1. The van der Waals surface area contributed by atoms with Crippen molar-refractivity contribution in [2.24, 2.45) is 12.1 Å². The van der Waals surface area contributed by atoms with Crippen molar-refractivity contribution in [2.45, 2.75) is 58.3 Å². The number of fused-ring (bicyclic) bond motifs is 1. The lowest BCUT2D eigenvalue weighted by Crippen LogP contribution is -2.22. The van der Waals surface area contributed by atoms with Crippen molar-refractivity contribution in [3.63, 3.8) is 0 Å². The first kappa shape index (κ1) is 17.7. The van der Waals surface area contributed by atoms with E-state index in [1.54, 1.807) is 11.3 Å². The molecule has 0 spiro atoms. The Hall–Kier alpha value is -1.62. The number of para-hydroxylation sites is 1. The molecule has 1 aromatic carbocycles. The van der Waals surface area contributed by atoms with Crippen molar-refractivity contribution in [2.75, 3.05) is 0 Å². The summed E-state index contributed by atoms with van der Waals surface area (Å²) in [7, 11) is 1.97. The van der Waals surface area contributed by atoms with Gasteiger partial charge in [-0.1, -0.05) is 68.9 Å². The van der Waals surface area contributed by atoms with Crippen molar-refractivity contribution < 1.29 is 4.79 Å². The van der Waals surface area contributed by atoms with Crippen LogP contribution < -0.4 is 10.2 Å². The summed E-state index contributed by atoms with van der Waals surface area (Å²) in [4.78, 5) is 12.7. The lowest BCUT2D eigenvalue weighted by molar-refractivity contribution is -0.121. The lowest BCUT2D eigenvalue weighted by atomic mass is 10.1. The number of hydrogen-bond acceptors (Lipinski definition) is 3. The van der Waals surface area contributed by atoms with Crippen LogP contribution in [0.5, 0.6) is 0 Å². The zero-order chi connectivity index (χ0) is 16.5. The molecule has 0 atom stereocenters. The van der Waals surface area contributed by atoms with Crippen LogP contribution in [0.15, 0.2) is 29.4 Å². The normalized spacial score (nSPS) is 12.0. The highest BCUT2D eigenvalue weighted by molar-refractivity contribution is 7.16. The molecule has 1 N–H and O–H groups in total. The predicted octanol–water partition coefficient (Wildman–Crippen LogP) is 4.31. The summed E-state index contributed by atoms with van der Waals surface area (Å²) >= 11 is 1.59. The number of rotatable bonds is 9. The molecule has 0 fully saturated rings. The molecule has 0 unspecified atom stereocenters. The van der Waals surface area contributed by atoms with Crippen LogP contribution in [0.3, 0.4) is 0 Å². The Morgan fingerprint density at radius 2 is 1.83 bits per heavy atom. The third kappa shape index (κ3) is 5.50. The molecule has 4 nitrogen and oxygen atoms in total. The van der Waals surface area contributed by atoms with Gasteiger partial charge in [-0.15, -0.1) is 5.10 Å². The zero-order valence-electron chi connectivity index (χ0n) is 14.2. The van der Waals surface area contributed by atoms with Crippen LogP contribution in [0.4, 0.5) is 0 Å². The molecule has 2 aromatic rings. The first-order valence-corrected chi connectivity index (χ1v) is 9.41. The summed E-state index contributed by atoms with van der Waals surface area (Å²) in [5.41, 5.74) is 3.82. The van der Waals surface area contributed by atoms with Crippen molar-refractivity contribution in [1.82, 2.24) is 9.99 Å². The molecule has 23 heavy (non-hydrogen) atoms. The highest BCUT2D eigenvalue weighted by Gasteiger charge is 2.03. The van der Waals surface area contributed by atoms with Crippen molar-refractivity contribution in [3.8, 4) is 0 Å². The second kappa shape index (κ2) is 9.50. The highest BCUT2D eigenvalue weighted by atomic mass is 32.1. The maximum Gasteiger partial charge on any atom is 0.240 e. The minimum atomic E-state index is 0.0102. The number of unbranched alkanes of at least 4 members (excludes halogenated alkanes) is 6. The van der Waals surface area contributed by atoms with Crippen molar-refractivity contribution in [1.29, 1.82) is 0 Å². The van der Waals surface area contributed by atoms with E-state index in [4.69, 9.17) is 0 Å². The maximum absolute atomic E-state index is 11.9. The number of benzene rings is 1. The summed E-state index contributed by atoms with van der Waals surface area (Å²) in [6.07, 6.45) is 9.09. The molecule has 0 aliphatic heterocycles. The number of nitrogens with one attached hydrogen (secondary N) is 1. The molecular weight excluding hydrogens is 306 g/mol. The van der Waals surface area contributed by atoms with Gasteiger partial charge in [0.1, 0.15) is 0 Å². The fourth-order valence-electron chi connectivity index (χ4n) is 2.60. The maximum atomic E-state index is 11.9. The van der Waals surface area contributed by atoms with E-state index >= 15 is 0 Å². The number of nitrogens with zero attached hydrogens (tertiary/aromatic N) is 2. The highest BCUT2D eigenvalue weighted by Crippen LogP contribution is 2.14. The molecule has 0 bridgehead atoms. The molecule has 0 saturated carbocycles. The molecule has 5 heteroatoms. The molecule has 1 amide bonds. The summed E-state index contributed by atoms with van der Waals surface area (Å²) in [6.45, 7) is 2.23. The van der Waals surface area contributed by atoms with Gasteiger partial charge in [-0.25, -0.2) is 5.43 Å². The number of thiazole rings is 1. The number of aryl methyl sites for hydroxylation is 1. The van der Waals surface area contributed by atoms with E-state index in [9.17, 15) is 4.79 Å². The van der Waals surface area contributed by atoms with Gasteiger partial charge in [-0.2, -0.15) is 0 Å². The van der Waals surface area contributed by atoms with Gasteiger partial charge >= 0.3 is 0 Å². The van der Waals surface area contributed by atoms with E-state index in [1.165, 1.54) is 36.8 Å². The molecule has 0 aliphatic rings. The van der Waals surface area contributed by atoms with Gasteiger partial charge in [-0.3, -0.25) is 4.79 Å². The molecular formula is C18H27N3OS. The van der Waals surface area contributed by atoms with Gasteiger partial charge in [0.05, 0.1) is 10.2 Å². The molecule has 1 heterocycles. The number of carbonyl (C=O) groups excluding carboxylic acids is 1. The lowest BCUT2D eigenvalue weighted by Gasteiger charge is -2.01. The Bertz CT molecular complexity index is 687. The van der Waals surface area contributed by atoms with Crippen LogP contribution in [0, 0.1) is 0 Å². The van der Waals surface area contributed by atoms with Gasteiger partial charge in [0.2, 0.25) is 10.7 Å². The zero-order valence-corrected chi connectivity index (χ0v) is 15.0. The van der Waals surface area contributed by atoms with E-state index in [-0.39, 0.29) is 5.91 Å². The second-order valence-electron chi connectivity index (χ2n) is 5.93. The Labute approximate surface area is 142 Å². The fourth-order valence-corrected chi connectivity index (χ4v) is 3.58. The van der Waals surface area contributed by atoms with Crippen LogP contribution in [-0.2, 0) is 11.8 Å². The van der Waals surface area contributed by atoms with Crippen LogP contribution >= 0.6 is 11.3 Å². The van der Waals surface area contributed by atoms with E-state index in [0.29, 0.717) is 6.42 Å². The summed E-state index contributed by atoms with van der Waals surface area (Å²) in [5.74, 6) is 0.0102. The van der Waals surface area contributed by atoms with Crippen molar-refractivity contribution >= 4 is 27.5 Å². The van der Waals surface area contributed by atoms with Gasteiger partial charge in [-0.05, 0) is 18.6 Å². The quantitative estimate of drug-likeness (QED) is 0.539. The molecule has 126 valence electrons. The fraction of sp³-hybridized carbons (Fsp3) is 0.556. The minimum Gasteiger partial charge on any atom is -0.318 e. The molecule has 1 aromatic heterocycles. The van der Waals surface area contributed by atoms with Crippen LogP contribution in [-0.4, -0.2) is 10.5 Å². The summed E-state index contributed by atoms with van der Waals surface area (Å²) in [5, 5.41) is 4.26. The summed E-state index contributed by atoms with van der Waals surface area (Å²) in [6, 6.07) is 8.16. The van der Waals surface area contributed by atoms with Crippen LogP contribution in [0.2, 0.25) is 0 Å². The standard InChI is InChI=1S/C18H27N3OS/c1-3-4-5-6-7-8-9-14-17(22)19-20-18-21(2)15-12-10-11-13-16(15)23-18/h10-13H,3-9,14H2,1-2H3,(H,19,22)/b20-18-. The van der Waals surface area contributed by atoms with Crippen LogP contribution in [0.1, 0.15) is 58.3 Å². The second-order valence-corrected chi connectivity index (χ2v) is 6.94. The Balaban J connectivity index is 1.76. The van der Waals surface area contributed by atoms with Crippen LogP contribution in [0.25, 0.3) is 10.2 Å². The SMILES string of the molecule is CCCCCCCCCC(=O)N/N=c1\sc2ccccc2n1C. The minimum absolute atomic E-state index is 0.0102. The average molecular weight is 334 g/mol. The topological polar surface area (TPSA) is 46.4 Å². The average Bonchev–Trinajstić information content (AvgIpc) is 2.89. The largest absolute Gasteiger partial charge is 0.318 e. The third-order valence-corrected chi connectivity index (χ3v) is 5.11. The summed E-state index contributed by atoms with van der Waals surface area (Å²) < 4.78 is 3.18. The van der Waals surface area contributed by atoms with Gasteiger partial charge in [0.25, 0.3) is 0 Å². The number of aromatic nitrogens is 1. The molecule has 0 aliphatic carbocycles. The van der Waals surface area contributed by atoms with Gasteiger partial charge in [0, 0.05) is 13.5 Å². The first-order valence-electron chi connectivity index (χ1n) is 8.59. The van der Waals surface area contributed by atoms with E-state index in [2.05, 4.69) is 29.6 Å². The Morgan fingerprint density at radius 3 is 2.57 bits per heavy atom. The molecule has 2 rings (SSSR count). The smallest absolute Gasteiger partial charge is 0.240 e. The molecule has 0 saturated heterocycles. The van der Waals surface area contributed by atoms with Gasteiger partial charge in [0.15, 0.2) is 0 Å². The van der Waals surface area contributed by atoms with Crippen molar-refractivity contribution in [3.05, 3.63) is 29.1 Å². The van der Waals surface area contributed by atoms with E-state index in [0.717, 1.165) is 23.2 Å².